The highest BCUT2D eigenvalue weighted by Crippen LogP contribution is 2.46. The maximum absolute atomic E-state index is 6.07. The van der Waals surface area contributed by atoms with E-state index in [9.17, 15) is 0 Å². The minimum atomic E-state index is -0.186. The molecule has 0 heterocycles. The molecule has 0 bridgehead atoms. The van der Waals surface area contributed by atoms with Crippen molar-refractivity contribution in [3.63, 3.8) is 0 Å². The van der Waals surface area contributed by atoms with Crippen molar-refractivity contribution in [2.75, 3.05) is 6.61 Å². The Morgan fingerprint density at radius 3 is 2.76 bits per heavy atom. The van der Waals surface area contributed by atoms with E-state index in [2.05, 4.69) is 51.2 Å². The summed E-state index contributed by atoms with van der Waals surface area (Å²) in [5, 5.41) is 0. The summed E-state index contributed by atoms with van der Waals surface area (Å²) in [5.41, 5.74) is 2.67. The van der Waals surface area contributed by atoms with E-state index in [-0.39, 0.29) is 4.93 Å². The molecular weight excluding hydrogens is 228 g/mol. The molecule has 2 heteroatoms. The van der Waals surface area contributed by atoms with Crippen LogP contribution in [0.3, 0.4) is 0 Å². The second-order valence-corrected chi connectivity index (χ2v) is 5.85. The molecule has 0 radical (unpaired) electrons. The van der Waals surface area contributed by atoms with Gasteiger partial charge in [-0.2, -0.15) is 0 Å². The van der Waals surface area contributed by atoms with Crippen molar-refractivity contribution in [3.05, 3.63) is 46.4 Å². The van der Waals surface area contributed by atoms with Crippen molar-refractivity contribution in [1.29, 1.82) is 0 Å². The number of hydrogen-bond acceptors (Lipinski definition) is 2. The summed E-state index contributed by atoms with van der Waals surface area (Å²) in [6.07, 6.45) is 13.2. The van der Waals surface area contributed by atoms with Crippen molar-refractivity contribution in [2.24, 2.45) is 0 Å². The largest absolute Gasteiger partial charge is 0.360 e. The molecule has 0 spiro atoms. The van der Waals surface area contributed by atoms with Gasteiger partial charge in [0.25, 0.3) is 0 Å². The van der Waals surface area contributed by atoms with Crippen LogP contribution in [0.4, 0.5) is 0 Å². The second-order valence-electron chi connectivity index (χ2n) is 4.51. The van der Waals surface area contributed by atoms with Gasteiger partial charge in [-0.25, -0.2) is 0 Å². The smallest absolute Gasteiger partial charge is 0.143 e. The highest BCUT2D eigenvalue weighted by atomic mass is 32.2. The van der Waals surface area contributed by atoms with Crippen LogP contribution < -0.4 is 0 Å². The topological polar surface area (TPSA) is 9.23 Å². The highest BCUT2D eigenvalue weighted by Gasteiger charge is 2.35. The van der Waals surface area contributed by atoms with Gasteiger partial charge in [0.1, 0.15) is 4.93 Å². The SMILES string of the molecule is CCOC1(SC2=CCC=C2)CC=C(C)C=C1C. The molecule has 0 fully saturated rings. The van der Waals surface area contributed by atoms with Crippen LogP contribution in [0.5, 0.6) is 0 Å². The average molecular weight is 248 g/mol. The summed E-state index contributed by atoms with van der Waals surface area (Å²) in [6, 6.07) is 0. The van der Waals surface area contributed by atoms with E-state index in [0.29, 0.717) is 0 Å². The van der Waals surface area contributed by atoms with Crippen molar-refractivity contribution < 1.29 is 4.74 Å². The normalized spacial score (nSPS) is 27.8. The Balaban J connectivity index is 2.21. The predicted octanol–water partition coefficient (Wildman–Crippen LogP) is 4.59. The van der Waals surface area contributed by atoms with E-state index < -0.39 is 0 Å². The van der Waals surface area contributed by atoms with Crippen LogP contribution in [0.15, 0.2) is 46.4 Å². The first-order chi connectivity index (χ1) is 8.16. The fraction of sp³-hybridized carbons (Fsp3) is 0.467. The van der Waals surface area contributed by atoms with Gasteiger partial charge in [0.15, 0.2) is 0 Å². The second kappa shape index (κ2) is 5.28. The number of thioether (sulfide) groups is 1. The average Bonchev–Trinajstić information content (AvgIpc) is 2.77. The lowest BCUT2D eigenvalue weighted by atomic mass is 9.98. The maximum Gasteiger partial charge on any atom is 0.143 e. The molecule has 0 aliphatic heterocycles. The lowest BCUT2D eigenvalue weighted by molar-refractivity contribution is 0.0626. The van der Waals surface area contributed by atoms with Crippen molar-refractivity contribution >= 4 is 11.8 Å². The molecule has 2 rings (SSSR count). The van der Waals surface area contributed by atoms with Crippen LogP contribution in [0.25, 0.3) is 0 Å². The van der Waals surface area contributed by atoms with Crippen molar-refractivity contribution in [3.8, 4) is 0 Å². The number of allylic oxidation sites excluding steroid dienone is 5. The molecule has 17 heavy (non-hydrogen) atoms. The number of ether oxygens (including phenoxy) is 1. The van der Waals surface area contributed by atoms with E-state index in [1.807, 2.05) is 11.8 Å². The third kappa shape index (κ3) is 2.75. The summed E-state index contributed by atoms with van der Waals surface area (Å²) >= 11 is 1.85. The Morgan fingerprint density at radius 2 is 2.18 bits per heavy atom. The van der Waals surface area contributed by atoms with Crippen molar-refractivity contribution in [1.82, 2.24) is 0 Å². The summed E-state index contributed by atoms with van der Waals surface area (Å²) < 4.78 is 6.07. The van der Waals surface area contributed by atoms with E-state index in [4.69, 9.17) is 4.74 Å². The van der Waals surface area contributed by atoms with Crippen LogP contribution in [0.2, 0.25) is 0 Å². The zero-order valence-electron chi connectivity index (χ0n) is 10.8. The van der Waals surface area contributed by atoms with Gasteiger partial charge in [0.05, 0.1) is 0 Å². The van der Waals surface area contributed by atoms with Crippen LogP contribution >= 0.6 is 11.8 Å². The first-order valence-corrected chi connectivity index (χ1v) is 7.03. The van der Waals surface area contributed by atoms with Crippen LogP contribution in [-0.2, 0) is 4.74 Å². The van der Waals surface area contributed by atoms with Crippen LogP contribution in [0.1, 0.15) is 33.6 Å². The number of hydrogen-bond donors (Lipinski definition) is 0. The lowest BCUT2D eigenvalue weighted by Crippen LogP contribution is -2.31. The molecule has 0 aromatic heterocycles. The van der Waals surface area contributed by atoms with Gasteiger partial charge < -0.3 is 4.74 Å². The van der Waals surface area contributed by atoms with Crippen molar-refractivity contribution in [2.45, 2.75) is 38.5 Å². The van der Waals surface area contributed by atoms with E-state index in [0.717, 1.165) is 19.4 Å². The van der Waals surface area contributed by atoms with Gasteiger partial charge in [-0.15, -0.1) is 0 Å². The van der Waals surface area contributed by atoms with E-state index >= 15 is 0 Å². The van der Waals surface area contributed by atoms with Gasteiger partial charge in [-0.1, -0.05) is 47.7 Å². The quantitative estimate of drug-likeness (QED) is 0.673. The maximum atomic E-state index is 6.07. The molecule has 0 saturated heterocycles. The third-order valence-electron chi connectivity index (χ3n) is 3.14. The van der Waals surface area contributed by atoms with Gasteiger partial charge in [-0.05, 0) is 32.8 Å². The summed E-state index contributed by atoms with van der Waals surface area (Å²) in [5.74, 6) is 0. The van der Waals surface area contributed by atoms with Crippen LogP contribution in [-0.4, -0.2) is 11.5 Å². The van der Waals surface area contributed by atoms with E-state index in [1.54, 1.807) is 0 Å². The summed E-state index contributed by atoms with van der Waals surface area (Å²) in [7, 11) is 0. The Morgan fingerprint density at radius 1 is 1.35 bits per heavy atom. The Kier molecular flexibility index (Phi) is 3.95. The molecule has 0 N–H and O–H groups in total. The molecule has 0 saturated carbocycles. The summed E-state index contributed by atoms with van der Waals surface area (Å²) in [4.78, 5) is 1.15. The Hall–Kier alpha value is -0.730. The zero-order valence-corrected chi connectivity index (χ0v) is 11.6. The monoisotopic (exact) mass is 248 g/mol. The molecule has 2 aliphatic rings. The Labute approximate surface area is 108 Å². The molecule has 0 aromatic carbocycles. The standard InChI is InChI=1S/C15H20OS/c1-4-16-15(17-14-7-5-6-8-14)10-9-12(2)11-13(15)3/h5,7-9,11H,4,6,10H2,1-3H3. The number of rotatable bonds is 4. The van der Waals surface area contributed by atoms with Crippen LogP contribution in [0, 0.1) is 0 Å². The predicted molar refractivity (Wildman–Crippen MR) is 75.9 cm³/mol. The molecule has 1 unspecified atom stereocenters. The molecular formula is C15H20OS. The molecule has 2 aliphatic carbocycles. The fourth-order valence-corrected chi connectivity index (χ4v) is 3.51. The fourth-order valence-electron chi connectivity index (χ4n) is 2.23. The molecule has 1 nitrogen and oxygen atoms in total. The zero-order chi connectivity index (χ0) is 12.3. The van der Waals surface area contributed by atoms with Gasteiger partial charge in [-0.3, -0.25) is 0 Å². The first kappa shape index (κ1) is 12.7. The highest BCUT2D eigenvalue weighted by molar-refractivity contribution is 8.04. The van der Waals surface area contributed by atoms with E-state index in [1.165, 1.54) is 16.1 Å². The molecule has 0 aromatic rings. The first-order valence-electron chi connectivity index (χ1n) is 6.21. The van der Waals surface area contributed by atoms with Gasteiger partial charge in [0.2, 0.25) is 0 Å². The molecule has 0 amide bonds. The Bertz CT molecular complexity index is 415. The minimum absolute atomic E-state index is 0.186. The molecule has 1 atom stereocenters. The third-order valence-corrected chi connectivity index (χ3v) is 4.61. The van der Waals surface area contributed by atoms with Gasteiger partial charge >= 0.3 is 0 Å². The lowest BCUT2D eigenvalue weighted by Gasteiger charge is -2.35. The van der Waals surface area contributed by atoms with Gasteiger partial charge in [0, 0.05) is 17.9 Å². The minimum Gasteiger partial charge on any atom is -0.360 e. The summed E-state index contributed by atoms with van der Waals surface area (Å²) in [6.45, 7) is 7.15. The molecule has 92 valence electrons.